The van der Waals surface area contributed by atoms with E-state index in [0.29, 0.717) is 44.9 Å². The number of rotatable bonds is 5. The van der Waals surface area contributed by atoms with Gasteiger partial charge in [-0.3, -0.25) is 14.5 Å². The lowest BCUT2D eigenvalue weighted by Gasteiger charge is -2.23. The number of aromatic nitrogens is 3. The van der Waals surface area contributed by atoms with E-state index in [4.69, 9.17) is 27.9 Å². The second-order valence-electron chi connectivity index (χ2n) is 9.33. The van der Waals surface area contributed by atoms with Crippen LogP contribution in [0.1, 0.15) is 35.5 Å². The normalized spacial score (nSPS) is 16.9. The number of imidazole rings is 1. The molecule has 40 heavy (non-hydrogen) atoms. The molecule has 0 spiro atoms. The molecule has 0 bridgehead atoms. The summed E-state index contributed by atoms with van der Waals surface area (Å²) in [5.74, 6) is -1.38. The number of pyridine rings is 1. The molecule has 1 atom stereocenters. The molecule has 1 aliphatic heterocycles. The van der Waals surface area contributed by atoms with Crippen molar-refractivity contribution in [3.05, 3.63) is 92.9 Å². The number of aliphatic hydroxyl groups excluding tert-OH is 1. The first-order valence-electron chi connectivity index (χ1n) is 12.4. The Morgan fingerprint density at radius 1 is 1.07 bits per heavy atom. The average molecular weight is 593 g/mol. The van der Waals surface area contributed by atoms with Crippen molar-refractivity contribution in [2.24, 2.45) is 0 Å². The third-order valence-electron chi connectivity index (χ3n) is 6.88. The molecule has 3 aromatic heterocycles. The number of anilines is 1. The summed E-state index contributed by atoms with van der Waals surface area (Å²) < 4.78 is 8.22. The first-order valence-corrected chi connectivity index (χ1v) is 14.0. The van der Waals surface area contributed by atoms with Crippen molar-refractivity contribution < 1.29 is 19.4 Å². The van der Waals surface area contributed by atoms with Crippen LogP contribution in [0, 0.1) is 13.8 Å². The fourth-order valence-electron chi connectivity index (χ4n) is 4.95. The SMILES string of the molecule is CCOc1ccc2nc(N3C(=O)C(=O)/C(=C(/O)c4nc5c(C)cccn5c4C)C3c3ccc(Cl)c(Cl)c3)sc2c1. The predicted octanol–water partition coefficient (Wildman–Crippen LogP) is 6.89. The second-order valence-corrected chi connectivity index (χ2v) is 11.2. The topological polar surface area (TPSA) is 97.0 Å². The van der Waals surface area contributed by atoms with Gasteiger partial charge in [-0.15, -0.1) is 0 Å². The first kappa shape index (κ1) is 26.3. The molecule has 1 saturated heterocycles. The molecule has 1 N–H and O–H groups in total. The number of hydrogen-bond donors (Lipinski definition) is 1. The van der Waals surface area contributed by atoms with Gasteiger partial charge in [0.25, 0.3) is 5.78 Å². The molecule has 0 aliphatic carbocycles. The Kier molecular flexibility index (Phi) is 6.53. The summed E-state index contributed by atoms with van der Waals surface area (Å²) >= 11 is 13.8. The Bertz CT molecular complexity index is 1890. The standard InChI is InChI=1S/C29H22Cl2N4O4S/c1-4-39-17-8-10-20-21(13-17)40-29(32-20)35-24(16-7-9-18(30)19(31)12-16)22(26(37)28(35)38)25(36)23-15(3)34-11-5-6-14(2)27(34)33-23/h5-13,24,36H,4H2,1-3H3/b25-22+. The Labute approximate surface area is 243 Å². The minimum atomic E-state index is -1.02. The maximum atomic E-state index is 13.6. The van der Waals surface area contributed by atoms with Gasteiger partial charge in [-0.25, -0.2) is 9.97 Å². The van der Waals surface area contributed by atoms with E-state index in [0.717, 1.165) is 10.3 Å². The van der Waals surface area contributed by atoms with E-state index in [9.17, 15) is 14.7 Å². The van der Waals surface area contributed by atoms with Crippen molar-refractivity contribution in [1.82, 2.24) is 14.4 Å². The third-order valence-corrected chi connectivity index (χ3v) is 8.63. The Morgan fingerprint density at radius 3 is 2.60 bits per heavy atom. The van der Waals surface area contributed by atoms with E-state index in [1.807, 2.05) is 42.6 Å². The van der Waals surface area contributed by atoms with Gasteiger partial charge in [0, 0.05) is 6.20 Å². The number of ether oxygens (including phenoxy) is 1. The Balaban J connectivity index is 1.58. The van der Waals surface area contributed by atoms with E-state index < -0.39 is 17.7 Å². The number of nitrogens with zero attached hydrogens (tertiary/aromatic N) is 4. The number of benzene rings is 2. The average Bonchev–Trinajstić information content (AvgIpc) is 3.58. The van der Waals surface area contributed by atoms with Gasteiger partial charge >= 0.3 is 5.91 Å². The van der Waals surface area contributed by atoms with Gasteiger partial charge in [-0.2, -0.15) is 0 Å². The molecule has 0 radical (unpaired) electrons. The highest BCUT2D eigenvalue weighted by molar-refractivity contribution is 7.22. The van der Waals surface area contributed by atoms with Crippen molar-refractivity contribution in [3.63, 3.8) is 0 Å². The summed E-state index contributed by atoms with van der Waals surface area (Å²) in [6.45, 7) is 6.10. The summed E-state index contributed by atoms with van der Waals surface area (Å²) in [7, 11) is 0. The highest BCUT2D eigenvalue weighted by atomic mass is 35.5. The largest absolute Gasteiger partial charge is 0.505 e. The lowest BCUT2D eigenvalue weighted by atomic mass is 9.96. The predicted molar refractivity (Wildman–Crippen MR) is 157 cm³/mol. The summed E-state index contributed by atoms with van der Waals surface area (Å²) in [5.41, 5.74) is 3.39. The Morgan fingerprint density at radius 2 is 1.88 bits per heavy atom. The molecule has 6 rings (SSSR count). The molecule has 1 amide bonds. The molecule has 8 nitrogen and oxygen atoms in total. The summed E-state index contributed by atoms with van der Waals surface area (Å²) in [4.78, 5) is 37.9. The van der Waals surface area contributed by atoms with Crippen LogP contribution in [0.15, 0.2) is 60.3 Å². The van der Waals surface area contributed by atoms with E-state index in [-0.39, 0.29) is 22.0 Å². The molecular weight excluding hydrogens is 571 g/mol. The van der Waals surface area contributed by atoms with Gasteiger partial charge < -0.3 is 14.2 Å². The lowest BCUT2D eigenvalue weighted by molar-refractivity contribution is -0.132. The van der Waals surface area contributed by atoms with Crippen LogP contribution in [0.2, 0.25) is 10.0 Å². The fourth-order valence-corrected chi connectivity index (χ4v) is 6.28. The number of fused-ring (bicyclic) bond motifs is 2. The molecule has 2 aromatic carbocycles. The van der Waals surface area contributed by atoms with E-state index >= 15 is 0 Å². The number of Topliss-reactive ketones (excluding diaryl/α,β-unsaturated/α-hetero) is 1. The van der Waals surface area contributed by atoms with E-state index in [2.05, 4.69) is 9.97 Å². The van der Waals surface area contributed by atoms with Crippen LogP contribution in [0.5, 0.6) is 5.75 Å². The lowest BCUT2D eigenvalue weighted by Crippen LogP contribution is -2.29. The molecule has 202 valence electrons. The van der Waals surface area contributed by atoms with Gasteiger partial charge in [-0.1, -0.05) is 46.7 Å². The molecule has 1 unspecified atom stereocenters. The van der Waals surface area contributed by atoms with Crippen LogP contribution in [-0.2, 0) is 9.59 Å². The maximum absolute atomic E-state index is 13.6. The highest BCUT2D eigenvalue weighted by Crippen LogP contribution is 2.45. The summed E-state index contributed by atoms with van der Waals surface area (Å²) in [5, 5.41) is 12.5. The zero-order chi connectivity index (χ0) is 28.3. The van der Waals surface area contributed by atoms with Gasteiger partial charge in [0.1, 0.15) is 17.1 Å². The van der Waals surface area contributed by atoms with Crippen LogP contribution >= 0.6 is 34.5 Å². The monoisotopic (exact) mass is 592 g/mol. The highest BCUT2D eigenvalue weighted by Gasteiger charge is 2.48. The third kappa shape index (κ3) is 4.13. The fraction of sp³-hybridized carbons (Fsp3) is 0.172. The molecule has 1 aliphatic rings. The molecule has 1 fully saturated rings. The van der Waals surface area contributed by atoms with Crippen LogP contribution < -0.4 is 9.64 Å². The number of hydrogen-bond acceptors (Lipinski definition) is 7. The van der Waals surface area contributed by atoms with Gasteiger partial charge in [0.2, 0.25) is 0 Å². The number of carbonyl (C=O) groups is 2. The number of aryl methyl sites for hydroxylation is 2. The number of halogens is 2. The van der Waals surface area contributed by atoms with Gasteiger partial charge in [-0.05, 0) is 68.3 Å². The molecular formula is C29H22Cl2N4O4S. The summed E-state index contributed by atoms with van der Waals surface area (Å²) in [6.07, 6.45) is 1.83. The zero-order valence-electron chi connectivity index (χ0n) is 21.6. The summed E-state index contributed by atoms with van der Waals surface area (Å²) in [6, 6.07) is 13.0. The first-order chi connectivity index (χ1) is 19.2. The minimum absolute atomic E-state index is 0.109. The molecule has 0 saturated carbocycles. The quantitative estimate of drug-likeness (QED) is 0.135. The van der Waals surface area contributed by atoms with Crippen LogP contribution in [-0.4, -0.2) is 37.8 Å². The van der Waals surface area contributed by atoms with Gasteiger partial charge in [0.05, 0.1) is 44.2 Å². The maximum Gasteiger partial charge on any atom is 0.301 e. The van der Waals surface area contributed by atoms with Crippen molar-refractivity contribution in [1.29, 1.82) is 0 Å². The van der Waals surface area contributed by atoms with Crippen molar-refractivity contribution in [2.45, 2.75) is 26.8 Å². The van der Waals surface area contributed by atoms with Gasteiger partial charge in [0.15, 0.2) is 10.9 Å². The molecule has 11 heteroatoms. The number of aliphatic hydroxyl groups is 1. The second kappa shape index (κ2) is 9.92. The molecule has 4 heterocycles. The van der Waals surface area contributed by atoms with Crippen molar-refractivity contribution >= 4 is 73.0 Å². The van der Waals surface area contributed by atoms with E-state index in [1.54, 1.807) is 37.3 Å². The van der Waals surface area contributed by atoms with E-state index in [1.165, 1.54) is 16.2 Å². The van der Waals surface area contributed by atoms with Crippen LogP contribution in [0.25, 0.3) is 21.6 Å². The minimum Gasteiger partial charge on any atom is -0.505 e. The Hall–Kier alpha value is -3.92. The number of amides is 1. The van der Waals surface area contributed by atoms with Crippen molar-refractivity contribution in [3.8, 4) is 5.75 Å². The number of carbonyl (C=O) groups excluding carboxylic acids is 2. The smallest absolute Gasteiger partial charge is 0.301 e. The number of thiazole rings is 1. The van der Waals surface area contributed by atoms with Crippen LogP contribution in [0.3, 0.4) is 0 Å². The number of ketones is 1. The van der Waals surface area contributed by atoms with Crippen LogP contribution in [0.4, 0.5) is 5.13 Å². The molecule has 5 aromatic rings. The van der Waals surface area contributed by atoms with Crippen molar-refractivity contribution in [2.75, 3.05) is 11.5 Å². The zero-order valence-corrected chi connectivity index (χ0v) is 23.9.